The summed E-state index contributed by atoms with van der Waals surface area (Å²) in [5, 5.41) is 3.06. The van der Waals surface area contributed by atoms with E-state index in [0.717, 1.165) is 5.76 Å². The van der Waals surface area contributed by atoms with Gasteiger partial charge in [0.05, 0.1) is 17.1 Å². The largest absolute Gasteiger partial charge is 0.460 e. The van der Waals surface area contributed by atoms with Crippen LogP contribution >= 0.6 is 11.6 Å². The van der Waals surface area contributed by atoms with Crippen molar-refractivity contribution in [3.63, 3.8) is 0 Å². The Hall–Kier alpha value is -1.32. The minimum atomic E-state index is -0.450. The molecule has 0 aliphatic rings. The molecule has 2 rings (SSSR count). The fraction of sp³-hybridized carbons (Fsp3) is 0.167. The number of nitrogens with one attached hydrogen (secondary N) is 1. The first kappa shape index (κ1) is 11.2. The zero-order valence-corrected chi connectivity index (χ0v) is 9.51. The predicted molar refractivity (Wildman–Crippen MR) is 61.9 cm³/mol. The topological polar surface area (TPSA) is 25.2 Å². The Morgan fingerprint density at radius 2 is 2.12 bits per heavy atom. The minimum Gasteiger partial charge on any atom is -0.460 e. The van der Waals surface area contributed by atoms with Crippen LogP contribution in [0.2, 0.25) is 5.02 Å². The highest BCUT2D eigenvalue weighted by atomic mass is 35.5. The van der Waals surface area contributed by atoms with E-state index in [9.17, 15) is 4.39 Å². The predicted octanol–water partition coefficient (Wildman–Crippen LogP) is 3.46. The molecule has 0 saturated heterocycles. The van der Waals surface area contributed by atoms with Crippen LogP contribution in [0.1, 0.15) is 5.76 Å². The van der Waals surface area contributed by atoms with Gasteiger partial charge >= 0.3 is 0 Å². The van der Waals surface area contributed by atoms with Crippen LogP contribution in [0.15, 0.2) is 34.7 Å². The first-order chi connectivity index (χ1) is 7.72. The smallest absolute Gasteiger partial charge is 0.152 e. The van der Waals surface area contributed by atoms with Gasteiger partial charge in [0, 0.05) is 0 Å². The average Bonchev–Trinajstić information content (AvgIpc) is 2.71. The lowest BCUT2D eigenvalue weighted by molar-refractivity contribution is 0.503. The van der Waals surface area contributed by atoms with Gasteiger partial charge in [-0.1, -0.05) is 17.7 Å². The van der Waals surface area contributed by atoms with Crippen molar-refractivity contribution in [2.24, 2.45) is 0 Å². The molecule has 4 heteroatoms. The van der Waals surface area contributed by atoms with Gasteiger partial charge in [-0.25, -0.2) is 4.39 Å². The van der Waals surface area contributed by atoms with Gasteiger partial charge in [0.15, 0.2) is 5.82 Å². The molecule has 0 amide bonds. The summed E-state index contributed by atoms with van der Waals surface area (Å²) in [7, 11) is 1.82. The van der Waals surface area contributed by atoms with E-state index in [1.165, 1.54) is 6.07 Å². The zero-order valence-electron chi connectivity index (χ0n) is 8.76. The molecular weight excluding hydrogens is 229 g/mol. The second kappa shape index (κ2) is 4.68. The fourth-order valence-electron chi connectivity index (χ4n) is 1.49. The molecule has 1 N–H and O–H groups in total. The van der Waals surface area contributed by atoms with Gasteiger partial charge in [0.1, 0.15) is 11.5 Å². The van der Waals surface area contributed by atoms with Crippen LogP contribution in [0.3, 0.4) is 0 Å². The third-order valence-corrected chi connectivity index (χ3v) is 2.52. The van der Waals surface area contributed by atoms with Crippen molar-refractivity contribution in [2.45, 2.75) is 6.54 Å². The Kier molecular flexibility index (Phi) is 3.27. The molecule has 0 radical (unpaired) electrons. The maximum absolute atomic E-state index is 13.7. The molecule has 0 atom stereocenters. The number of furan rings is 1. The number of benzene rings is 1. The van der Waals surface area contributed by atoms with Crippen molar-refractivity contribution in [3.05, 3.63) is 46.9 Å². The highest BCUT2D eigenvalue weighted by Gasteiger charge is 2.11. The normalized spacial score (nSPS) is 10.7. The molecule has 0 unspecified atom stereocenters. The molecule has 0 aliphatic carbocycles. The number of rotatable bonds is 3. The molecule has 0 aliphatic heterocycles. The molecule has 0 bridgehead atoms. The number of hydrogen-bond donors (Lipinski definition) is 1. The van der Waals surface area contributed by atoms with Gasteiger partial charge < -0.3 is 9.73 Å². The fourth-order valence-corrected chi connectivity index (χ4v) is 1.66. The monoisotopic (exact) mass is 239 g/mol. The molecule has 1 aromatic heterocycles. The molecular formula is C12H11ClFNO. The SMILES string of the molecule is CNCc1ccc(-c2cccc(Cl)c2F)o1. The van der Waals surface area contributed by atoms with Crippen LogP contribution in [-0.2, 0) is 6.54 Å². The molecule has 1 aromatic carbocycles. The summed E-state index contributed by atoms with van der Waals surface area (Å²) in [6, 6.07) is 8.40. The van der Waals surface area contributed by atoms with Gasteiger partial charge in [-0.3, -0.25) is 0 Å². The van der Waals surface area contributed by atoms with E-state index < -0.39 is 5.82 Å². The van der Waals surface area contributed by atoms with Crippen molar-refractivity contribution in [3.8, 4) is 11.3 Å². The van der Waals surface area contributed by atoms with E-state index >= 15 is 0 Å². The average molecular weight is 240 g/mol. The molecule has 2 nitrogen and oxygen atoms in total. The van der Waals surface area contributed by atoms with Crippen LogP contribution in [0.4, 0.5) is 4.39 Å². The summed E-state index contributed by atoms with van der Waals surface area (Å²) in [5.74, 6) is 0.802. The van der Waals surface area contributed by atoms with Gasteiger partial charge in [0.2, 0.25) is 0 Å². The van der Waals surface area contributed by atoms with Crippen LogP contribution < -0.4 is 5.32 Å². The van der Waals surface area contributed by atoms with E-state index in [0.29, 0.717) is 17.9 Å². The third kappa shape index (κ3) is 2.10. The standard InChI is InChI=1S/C12H11ClFNO/c1-15-7-8-5-6-11(16-8)9-3-2-4-10(13)12(9)14/h2-6,15H,7H2,1H3. The van der Waals surface area contributed by atoms with Crippen molar-refractivity contribution < 1.29 is 8.81 Å². The van der Waals surface area contributed by atoms with Crippen molar-refractivity contribution in [1.29, 1.82) is 0 Å². The Morgan fingerprint density at radius 1 is 1.31 bits per heavy atom. The van der Waals surface area contributed by atoms with E-state index in [4.69, 9.17) is 16.0 Å². The highest BCUT2D eigenvalue weighted by molar-refractivity contribution is 6.31. The van der Waals surface area contributed by atoms with Crippen molar-refractivity contribution in [2.75, 3.05) is 7.05 Å². The first-order valence-electron chi connectivity index (χ1n) is 4.90. The van der Waals surface area contributed by atoms with Crippen molar-refractivity contribution >= 4 is 11.6 Å². The summed E-state index contributed by atoms with van der Waals surface area (Å²) in [5.41, 5.74) is 0.384. The second-order valence-electron chi connectivity index (χ2n) is 3.40. The summed E-state index contributed by atoms with van der Waals surface area (Å²) in [6.45, 7) is 0.613. The van der Waals surface area contributed by atoms with E-state index in [2.05, 4.69) is 5.32 Å². The Bertz CT molecular complexity index is 496. The van der Waals surface area contributed by atoms with Gasteiger partial charge in [-0.2, -0.15) is 0 Å². The summed E-state index contributed by atoms with van der Waals surface area (Å²) < 4.78 is 19.2. The van der Waals surface area contributed by atoms with Crippen LogP contribution in [0, 0.1) is 5.82 Å². The minimum absolute atomic E-state index is 0.101. The summed E-state index contributed by atoms with van der Waals surface area (Å²) in [4.78, 5) is 0. The molecule has 2 aromatic rings. The highest BCUT2D eigenvalue weighted by Crippen LogP contribution is 2.28. The Morgan fingerprint density at radius 3 is 2.88 bits per heavy atom. The van der Waals surface area contributed by atoms with E-state index in [-0.39, 0.29) is 5.02 Å². The molecule has 0 spiro atoms. The number of halogens is 2. The van der Waals surface area contributed by atoms with Gasteiger partial charge in [-0.15, -0.1) is 0 Å². The molecule has 0 fully saturated rings. The van der Waals surface area contributed by atoms with Crippen LogP contribution in [0.25, 0.3) is 11.3 Å². The maximum atomic E-state index is 13.7. The van der Waals surface area contributed by atoms with Crippen LogP contribution in [-0.4, -0.2) is 7.05 Å². The number of hydrogen-bond acceptors (Lipinski definition) is 2. The van der Waals surface area contributed by atoms with Crippen LogP contribution in [0.5, 0.6) is 0 Å². The Labute approximate surface area is 98.0 Å². The third-order valence-electron chi connectivity index (χ3n) is 2.23. The maximum Gasteiger partial charge on any atom is 0.152 e. The summed E-state index contributed by atoms with van der Waals surface area (Å²) in [6.07, 6.45) is 0. The lowest BCUT2D eigenvalue weighted by Gasteiger charge is -2.01. The van der Waals surface area contributed by atoms with Gasteiger partial charge in [-0.05, 0) is 31.3 Å². The quantitative estimate of drug-likeness (QED) is 0.888. The first-order valence-corrected chi connectivity index (χ1v) is 5.28. The Balaban J connectivity index is 2.39. The lowest BCUT2D eigenvalue weighted by Crippen LogP contribution is -2.03. The van der Waals surface area contributed by atoms with Crippen molar-refractivity contribution in [1.82, 2.24) is 5.32 Å². The molecule has 1 heterocycles. The lowest BCUT2D eigenvalue weighted by atomic mass is 10.1. The van der Waals surface area contributed by atoms with E-state index in [1.807, 2.05) is 13.1 Å². The molecule has 16 heavy (non-hydrogen) atoms. The van der Waals surface area contributed by atoms with Gasteiger partial charge in [0.25, 0.3) is 0 Å². The second-order valence-corrected chi connectivity index (χ2v) is 3.80. The van der Waals surface area contributed by atoms with E-state index in [1.54, 1.807) is 18.2 Å². The zero-order chi connectivity index (χ0) is 11.5. The molecule has 0 saturated carbocycles. The summed E-state index contributed by atoms with van der Waals surface area (Å²) >= 11 is 5.70. The molecule has 84 valence electrons.